The van der Waals surface area contributed by atoms with Crippen molar-refractivity contribution in [1.82, 2.24) is 0 Å². The minimum Gasteiger partial charge on any atom is -0.452 e. The summed E-state index contributed by atoms with van der Waals surface area (Å²) in [5, 5.41) is 22.0. The first kappa shape index (κ1) is 18.1. The van der Waals surface area contributed by atoms with E-state index in [4.69, 9.17) is 15.3 Å². The minimum atomic E-state index is -0.642. The van der Waals surface area contributed by atoms with Crippen LogP contribution >= 0.6 is 11.8 Å². The molecule has 0 aliphatic carbocycles. The van der Waals surface area contributed by atoms with Gasteiger partial charge in [-0.15, -0.1) is 0 Å². The third-order valence-electron chi connectivity index (χ3n) is 3.22. The number of rotatable bonds is 5. The molecule has 0 aromatic heterocycles. The monoisotopic (exact) mass is 351 g/mol. The SMILES string of the molecule is Cc1cc(SC#N)ccc1NC(=O)COC(=O)c1ccc(C#N)cc1. The highest BCUT2D eigenvalue weighted by Crippen LogP contribution is 2.23. The molecule has 0 unspecified atom stereocenters. The number of thiocyanates is 1. The molecule has 0 atom stereocenters. The van der Waals surface area contributed by atoms with Crippen molar-refractivity contribution in [2.75, 3.05) is 11.9 Å². The zero-order valence-electron chi connectivity index (χ0n) is 13.3. The van der Waals surface area contributed by atoms with Gasteiger partial charge in [0.2, 0.25) is 0 Å². The first-order valence-corrected chi connectivity index (χ1v) is 7.99. The van der Waals surface area contributed by atoms with Gasteiger partial charge in [0.1, 0.15) is 5.40 Å². The topological polar surface area (TPSA) is 103 Å². The van der Waals surface area contributed by atoms with Crippen LogP contribution < -0.4 is 5.32 Å². The number of esters is 1. The highest BCUT2D eigenvalue weighted by molar-refractivity contribution is 8.03. The molecule has 2 aromatic carbocycles. The number of ether oxygens (including phenoxy) is 1. The van der Waals surface area contributed by atoms with Crippen LogP contribution in [0.1, 0.15) is 21.5 Å². The smallest absolute Gasteiger partial charge is 0.338 e. The molecule has 25 heavy (non-hydrogen) atoms. The molecule has 0 radical (unpaired) electrons. The molecule has 6 nitrogen and oxygen atoms in total. The number of carbonyl (C=O) groups excluding carboxylic acids is 2. The Balaban J connectivity index is 1.91. The number of nitriles is 2. The van der Waals surface area contributed by atoms with E-state index in [2.05, 4.69) is 5.32 Å². The van der Waals surface area contributed by atoms with Gasteiger partial charge < -0.3 is 10.1 Å². The molecule has 0 saturated carbocycles. The lowest BCUT2D eigenvalue weighted by Crippen LogP contribution is -2.21. The van der Waals surface area contributed by atoms with Gasteiger partial charge in [-0.3, -0.25) is 4.79 Å². The van der Waals surface area contributed by atoms with Gasteiger partial charge in [0.15, 0.2) is 6.61 Å². The number of thioether (sulfide) groups is 1. The van der Waals surface area contributed by atoms with E-state index in [1.54, 1.807) is 25.1 Å². The summed E-state index contributed by atoms with van der Waals surface area (Å²) in [7, 11) is 0. The molecule has 0 aliphatic rings. The summed E-state index contributed by atoms with van der Waals surface area (Å²) in [5.41, 5.74) is 2.08. The van der Waals surface area contributed by atoms with Crippen molar-refractivity contribution in [2.45, 2.75) is 11.8 Å². The summed E-state index contributed by atoms with van der Waals surface area (Å²) in [6.07, 6.45) is 0. The third kappa shape index (κ3) is 5.10. The van der Waals surface area contributed by atoms with Crippen LogP contribution in [0.4, 0.5) is 5.69 Å². The lowest BCUT2D eigenvalue weighted by molar-refractivity contribution is -0.119. The van der Waals surface area contributed by atoms with E-state index in [1.807, 2.05) is 11.5 Å². The quantitative estimate of drug-likeness (QED) is 0.504. The Labute approximate surface area is 149 Å². The van der Waals surface area contributed by atoms with E-state index in [0.717, 1.165) is 22.2 Å². The minimum absolute atomic E-state index is 0.265. The lowest BCUT2D eigenvalue weighted by atomic mass is 10.1. The van der Waals surface area contributed by atoms with E-state index >= 15 is 0 Å². The molecular formula is C18H13N3O3S. The Kier molecular flexibility index (Phi) is 6.16. The van der Waals surface area contributed by atoms with Crippen LogP contribution in [0, 0.1) is 28.9 Å². The molecular weight excluding hydrogens is 338 g/mol. The van der Waals surface area contributed by atoms with Gasteiger partial charge in [-0.2, -0.15) is 10.5 Å². The second-order valence-corrected chi connectivity index (χ2v) is 5.84. The average molecular weight is 351 g/mol. The number of hydrogen-bond donors (Lipinski definition) is 1. The van der Waals surface area contributed by atoms with Gasteiger partial charge in [0, 0.05) is 10.6 Å². The van der Waals surface area contributed by atoms with Gasteiger partial charge in [-0.1, -0.05) is 0 Å². The highest BCUT2D eigenvalue weighted by Gasteiger charge is 2.11. The Hall–Kier alpha value is -3.29. The number of aryl methyl sites for hydroxylation is 1. The summed E-state index contributed by atoms with van der Waals surface area (Å²) in [4.78, 5) is 24.6. The predicted octanol–water partition coefficient (Wildman–Crippen LogP) is 3.24. The van der Waals surface area contributed by atoms with Crippen LogP contribution in [0.25, 0.3) is 0 Å². The van der Waals surface area contributed by atoms with Crippen LogP contribution in [0.2, 0.25) is 0 Å². The van der Waals surface area contributed by atoms with E-state index < -0.39 is 18.5 Å². The van der Waals surface area contributed by atoms with Gasteiger partial charge in [-0.25, -0.2) is 4.79 Å². The molecule has 0 bridgehead atoms. The van der Waals surface area contributed by atoms with Gasteiger partial charge >= 0.3 is 5.97 Å². The second kappa shape index (κ2) is 8.53. The van der Waals surface area contributed by atoms with Gasteiger partial charge in [0.25, 0.3) is 5.91 Å². The summed E-state index contributed by atoms with van der Waals surface area (Å²) in [6, 6.07) is 13.1. The zero-order chi connectivity index (χ0) is 18.2. The Morgan fingerprint density at radius 3 is 2.48 bits per heavy atom. The van der Waals surface area contributed by atoms with Crippen LogP contribution in [-0.4, -0.2) is 18.5 Å². The fourth-order valence-electron chi connectivity index (χ4n) is 1.97. The molecule has 0 saturated heterocycles. The van der Waals surface area contributed by atoms with Crippen molar-refractivity contribution in [1.29, 1.82) is 10.5 Å². The maximum absolute atomic E-state index is 11.9. The second-order valence-electron chi connectivity index (χ2n) is 4.98. The first-order valence-electron chi connectivity index (χ1n) is 7.17. The number of nitrogens with one attached hydrogen (secondary N) is 1. The first-order chi connectivity index (χ1) is 12.0. The highest BCUT2D eigenvalue weighted by atomic mass is 32.2. The number of benzene rings is 2. The molecule has 7 heteroatoms. The molecule has 0 fully saturated rings. The summed E-state index contributed by atoms with van der Waals surface area (Å²) in [6.45, 7) is 1.38. The molecule has 124 valence electrons. The Morgan fingerprint density at radius 2 is 1.88 bits per heavy atom. The van der Waals surface area contributed by atoms with Gasteiger partial charge in [0.05, 0.1) is 17.2 Å². The summed E-state index contributed by atoms with van der Waals surface area (Å²) < 4.78 is 4.96. The molecule has 0 spiro atoms. The van der Waals surface area contributed by atoms with E-state index in [0.29, 0.717) is 11.3 Å². The van der Waals surface area contributed by atoms with Crippen LogP contribution in [0.5, 0.6) is 0 Å². The van der Waals surface area contributed by atoms with Crippen molar-refractivity contribution in [3.63, 3.8) is 0 Å². The van der Waals surface area contributed by atoms with E-state index in [-0.39, 0.29) is 5.56 Å². The maximum atomic E-state index is 11.9. The van der Waals surface area contributed by atoms with Crippen molar-refractivity contribution < 1.29 is 14.3 Å². The zero-order valence-corrected chi connectivity index (χ0v) is 14.1. The standard InChI is InChI=1S/C18H13N3O3S/c1-12-8-15(25-11-20)6-7-16(12)21-17(22)10-24-18(23)14-4-2-13(9-19)3-5-14/h2-8H,10H2,1H3,(H,21,22). The number of amides is 1. The van der Waals surface area contributed by atoms with E-state index in [9.17, 15) is 9.59 Å². The molecule has 1 amide bonds. The molecule has 1 N–H and O–H groups in total. The van der Waals surface area contributed by atoms with Gasteiger partial charge in [-0.05, 0) is 66.7 Å². The lowest BCUT2D eigenvalue weighted by Gasteiger charge is -2.09. The van der Waals surface area contributed by atoms with Crippen LogP contribution in [-0.2, 0) is 9.53 Å². The number of hydrogen-bond acceptors (Lipinski definition) is 6. The number of carbonyl (C=O) groups is 2. The maximum Gasteiger partial charge on any atom is 0.338 e. The predicted molar refractivity (Wildman–Crippen MR) is 92.7 cm³/mol. The normalized spacial score (nSPS) is 9.56. The summed E-state index contributed by atoms with van der Waals surface area (Å²) >= 11 is 1.03. The average Bonchev–Trinajstić information content (AvgIpc) is 2.62. The van der Waals surface area contributed by atoms with Crippen molar-refractivity contribution in [3.8, 4) is 11.5 Å². The number of anilines is 1. The fourth-order valence-corrected chi connectivity index (χ4v) is 2.45. The Morgan fingerprint density at radius 1 is 1.16 bits per heavy atom. The fraction of sp³-hybridized carbons (Fsp3) is 0.111. The summed E-state index contributed by atoms with van der Waals surface area (Å²) in [5.74, 6) is -1.11. The van der Waals surface area contributed by atoms with Crippen molar-refractivity contribution in [2.24, 2.45) is 0 Å². The van der Waals surface area contributed by atoms with Crippen molar-refractivity contribution >= 4 is 29.3 Å². The van der Waals surface area contributed by atoms with E-state index in [1.165, 1.54) is 24.3 Å². The van der Waals surface area contributed by atoms with Crippen LogP contribution in [0.3, 0.4) is 0 Å². The molecule has 2 aromatic rings. The Bertz CT molecular complexity index is 880. The van der Waals surface area contributed by atoms with Crippen LogP contribution in [0.15, 0.2) is 47.4 Å². The largest absolute Gasteiger partial charge is 0.452 e. The van der Waals surface area contributed by atoms with Crippen molar-refractivity contribution in [3.05, 3.63) is 59.2 Å². The molecule has 0 aliphatic heterocycles. The third-order valence-corrected chi connectivity index (χ3v) is 3.80. The molecule has 0 heterocycles. The molecule has 2 rings (SSSR count). The number of nitrogens with zero attached hydrogens (tertiary/aromatic N) is 2.